The van der Waals surface area contributed by atoms with E-state index in [-0.39, 0.29) is 23.5 Å². The van der Waals surface area contributed by atoms with Gasteiger partial charge >= 0.3 is 0 Å². The monoisotopic (exact) mass is 711 g/mol. The molecule has 0 atom stereocenters. The molecule has 0 bridgehead atoms. The SMILES string of the molecule is [2H]c1c([2H])c([2H])c(-c2nc(-c3cccc4ccccc34)nc(-c3cc(-n4c5ccccc5c5ccccc54)cc4c3sc3ccc(-c5ccccc5)cc34)n2)c([2H])c1[2H]. The Morgan fingerprint density at radius 2 is 1.09 bits per heavy atom. The van der Waals surface area contributed by atoms with Crippen LogP contribution < -0.4 is 0 Å². The zero-order chi connectivity index (χ0) is 39.9. The van der Waals surface area contributed by atoms with Crippen molar-refractivity contribution in [3.8, 4) is 51.0 Å². The largest absolute Gasteiger partial charge is 0.309 e. The van der Waals surface area contributed by atoms with Gasteiger partial charge in [0.05, 0.1) is 17.9 Å². The molecule has 11 rings (SSSR count). The highest BCUT2D eigenvalue weighted by Crippen LogP contribution is 2.44. The number of nitrogens with zero attached hydrogens (tertiary/aromatic N) is 4. The van der Waals surface area contributed by atoms with E-state index in [4.69, 9.17) is 21.8 Å². The van der Waals surface area contributed by atoms with Gasteiger partial charge < -0.3 is 4.57 Å². The highest BCUT2D eigenvalue weighted by molar-refractivity contribution is 7.26. The summed E-state index contributed by atoms with van der Waals surface area (Å²) in [7, 11) is 0. The van der Waals surface area contributed by atoms with Crippen molar-refractivity contribution in [3.63, 3.8) is 0 Å². The van der Waals surface area contributed by atoms with Gasteiger partial charge in [-0.1, -0.05) is 145 Å². The molecule has 54 heavy (non-hydrogen) atoms. The van der Waals surface area contributed by atoms with Gasteiger partial charge in [-0.15, -0.1) is 11.3 Å². The molecule has 0 aliphatic carbocycles. The standard InChI is InChI=1S/C49H30N4S/c1-3-14-31(15-4-1)34-26-27-45-40(28-34)41-29-35(53-43-24-11-9-21-37(43)38-22-10-12-25-44(38)53)30-42(46(41)54-45)49-51-47(33-17-5-2-6-18-33)50-48(52-49)39-23-13-19-32-16-7-8-20-36(32)39/h1-30H/i2D,5D,6D,17D,18D. The number of rotatable bonds is 5. The van der Waals surface area contributed by atoms with E-state index >= 15 is 0 Å². The quantitative estimate of drug-likeness (QED) is 0.178. The Morgan fingerprint density at radius 3 is 1.87 bits per heavy atom. The average Bonchev–Trinajstić information content (AvgIpc) is 3.83. The maximum absolute atomic E-state index is 8.96. The first kappa shape index (κ1) is 25.9. The number of benzene rings is 8. The van der Waals surface area contributed by atoms with Crippen molar-refractivity contribution in [1.82, 2.24) is 19.5 Å². The number of para-hydroxylation sites is 2. The molecular formula is C49H30N4S. The smallest absolute Gasteiger partial charge is 0.165 e. The lowest BCUT2D eigenvalue weighted by Crippen LogP contribution is -2.02. The molecule has 0 saturated carbocycles. The summed E-state index contributed by atoms with van der Waals surface area (Å²) in [6.07, 6.45) is 0. The Morgan fingerprint density at radius 1 is 0.444 bits per heavy atom. The van der Waals surface area contributed by atoms with E-state index in [0.29, 0.717) is 11.6 Å². The lowest BCUT2D eigenvalue weighted by molar-refractivity contribution is 1.08. The second-order valence-electron chi connectivity index (χ2n) is 13.3. The number of thiophene rings is 1. The first-order valence-electron chi connectivity index (χ1n) is 20.2. The molecule has 8 aromatic carbocycles. The highest BCUT2D eigenvalue weighted by atomic mass is 32.1. The molecule has 11 aromatic rings. The minimum absolute atomic E-state index is 0.00201. The summed E-state index contributed by atoms with van der Waals surface area (Å²) < 4.78 is 47.6. The Bertz CT molecular complexity index is 3440. The Labute approximate surface area is 322 Å². The van der Waals surface area contributed by atoms with Crippen LogP contribution in [-0.4, -0.2) is 19.5 Å². The van der Waals surface area contributed by atoms with E-state index in [0.717, 1.165) is 80.7 Å². The predicted molar refractivity (Wildman–Crippen MR) is 226 cm³/mol. The molecule has 5 heteroatoms. The number of hydrogen-bond donors (Lipinski definition) is 0. The van der Waals surface area contributed by atoms with Crippen LogP contribution in [0.2, 0.25) is 0 Å². The summed E-state index contributed by atoms with van der Waals surface area (Å²) in [6.45, 7) is 0. The Hall–Kier alpha value is -6.95. The number of fused-ring (bicyclic) bond motifs is 7. The molecule has 0 radical (unpaired) electrons. The topological polar surface area (TPSA) is 43.6 Å². The van der Waals surface area contributed by atoms with E-state index in [2.05, 4.69) is 95.6 Å². The molecule has 0 unspecified atom stereocenters. The first-order chi connectivity index (χ1) is 28.8. The highest BCUT2D eigenvalue weighted by Gasteiger charge is 2.21. The van der Waals surface area contributed by atoms with Gasteiger partial charge in [0.1, 0.15) is 0 Å². The zero-order valence-electron chi connectivity index (χ0n) is 33.6. The second kappa shape index (κ2) is 12.3. The van der Waals surface area contributed by atoms with Gasteiger partial charge in [-0.05, 0) is 58.3 Å². The molecule has 252 valence electrons. The van der Waals surface area contributed by atoms with E-state index in [1.807, 2.05) is 60.7 Å². The summed E-state index contributed by atoms with van der Waals surface area (Å²) in [5, 5.41) is 6.28. The summed E-state index contributed by atoms with van der Waals surface area (Å²) in [5.74, 6) is 0.654. The van der Waals surface area contributed by atoms with Gasteiger partial charge in [0.2, 0.25) is 0 Å². The maximum atomic E-state index is 8.96. The van der Waals surface area contributed by atoms with Crippen molar-refractivity contribution in [2.45, 2.75) is 0 Å². The summed E-state index contributed by atoms with van der Waals surface area (Å²) >= 11 is 1.65. The molecule has 0 aliphatic rings. The van der Waals surface area contributed by atoms with Gasteiger partial charge in [-0.25, -0.2) is 15.0 Å². The lowest BCUT2D eigenvalue weighted by atomic mass is 10.0. The third-order valence-corrected chi connectivity index (χ3v) is 11.4. The average molecular weight is 712 g/mol. The third-order valence-electron chi connectivity index (χ3n) is 10.1. The van der Waals surface area contributed by atoms with Crippen molar-refractivity contribution in [2.24, 2.45) is 0 Å². The molecule has 0 amide bonds. The van der Waals surface area contributed by atoms with Crippen molar-refractivity contribution in [2.75, 3.05) is 0 Å². The van der Waals surface area contributed by atoms with Gasteiger partial charge in [0.25, 0.3) is 0 Å². The van der Waals surface area contributed by atoms with E-state index in [1.165, 1.54) is 0 Å². The van der Waals surface area contributed by atoms with Crippen molar-refractivity contribution < 1.29 is 6.85 Å². The molecule has 0 fully saturated rings. The van der Waals surface area contributed by atoms with Crippen LogP contribution >= 0.6 is 11.3 Å². The molecule has 4 nitrogen and oxygen atoms in total. The molecule has 3 aromatic heterocycles. The van der Waals surface area contributed by atoms with Crippen LogP contribution in [-0.2, 0) is 0 Å². The lowest BCUT2D eigenvalue weighted by Gasteiger charge is -2.13. The summed E-state index contributed by atoms with van der Waals surface area (Å²) in [5.41, 5.74) is 6.62. The number of hydrogen-bond acceptors (Lipinski definition) is 4. The molecule has 0 spiro atoms. The molecule has 3 heterocycles. The van der Waals surface area contributed by atoms with Crippen LogP contribution in [0.25, 0.3) is 104 Å². The van der Waals surface area contributed by atoms with Gasteiger partial charge in [-0.3, -0.25) is 0 Å². The van der Waals surface area contributed by atoms with Crippen LogP contribution in [0, 0.1) is 0 Å². The van der Waals surface area contributed by atoms with Crippen LogP contribution in [0.4, 0.5) is 0 Å². The van der Waals surface area contributed by atoms with E-state index in [9.17, 15) is 0 Å². The molecule has 0 N–H and O–H groups in total. The minimum Gasteiger partial charge on any atom is -0.309 e. The Balaban J connectivity index is 1.27. The van der Waals surface area contributed by atoms with Crippen LogP contribution in [0.3, 0.4) is 0 Å². The third kappa shape index (κ3) is 4.94. The maximum Gasteiger partial charge on any atom is 0.165 e. The zero-order valence-corrected chi connectivity index (χ0v) is 29.4. The summed E-state index contributed by atoms with van der Waals surface area (Å²) in [4.78, 5) is 15.2. The van der Waals surface area contributed by atoms with Crippen molar-refractivity contribution >= 4 is 64.1 Å². The molecular weight excluding hydrogens is 677 g/mol. The van der Waals surface area contributed by atoms with Gasteiger partial charge in [-0.2, -0.15) is 0 Å². The normalized spacial score (nSPS) is 13.0. The van der Waals surface area contributed by atoms with E-state index in [1.54, 1.807) is 11.3 Å². The van der Waals surface area contributed by atoms with Crippen molar-refractivity contribution in [1.29, 1.82) is 0 Å². The fourth-order valence-electron chi connectivity index (χ4n) is 7.68. The fraction of sp³-hybridized carbons (Fsp3) is 0. The molecule has 0 aliphatic heterocycles. The van der Waals surface area contributed by atoms with Crippen LogP contribution in [0.5, 0.6) is 0 Å². The second-order valence-corrected chi connectivity index (χ2v) is 14.3. The van der Waals surface area contributed by atoms with E-state index < -0.39 is 18.1 Å². The predicted octanol–water partition coefficient (Wildman–Crippen LogP) is 13.2. The summed E-state index contributed by atoms with van der Waals surface area (Å²) in [6, 6.07) is 49.8. The van der Waals surface area contributed by atoms with Gasteiger partial charge in [0, 0.05) is 53.3 Å². The van der Waals surface area contributed by atoms with Gasteiger partial charge in [0.15, 0.2) is 17.5 Å². The minimum atomic E-state index is -0.479. The van der Waals surface area contributed by atoms with Crippen molar-refractivity contribution in [3.05, 3.63) is 182 Å². The first-order valence-corrected chi connectivity index (χ1v) is 18.5. The van der Waals surface area contributed by atoms with Crippen LogP contribution in [0.1, 0.15) is 6.85 Å². The number of aromatic nitrogens is 4. The molecule has 0 saturated heterocycles. The Kier molecular flexibility index (Phi) is 5.92. The fourth-order valence-corrected chi connectivity index (χ4v) is 8.85. The van der Waals surface area contributed by atoms with Crippen LogP contribution in [0.15, 0.2) is 182 Å².